The van der Waals surface area contributed by atoms with E-state index >= 15 is 0 Å². The Labute approximate surface area is 65.8 Å². The zero-order valence-corrected chi connectivity index (χ0v) is 7.01. The van der Waals surface area contributed by atoms with Crippen molar-refractivity contribution in [2.45, 2.75) is 27.2 Å². The Bertz CT molecular complexity index is 180. The van der Waals surface area contributed by atoms with Crippen molar-refractivity contribution >= 4 is 17.9 Å². The molecule has 0 aliphatic rings. The van der Waals surface area contributed by atoms with Crippen LogP contribution < -0.4 is 0 Å². The number of carbonyl (C=O) groups excluding carboxylic acids is 3. The Balaban J connectivity index is 4.91. The van der Waals surface area contributed by atoms with Crippen molar-refractivity contribution in [1.29, 1.82) is 0 Å². The molecule has 0 saturated carbocycles. The van der Waals surface area contributed by atoms with Crippen molar-refractivity contribution in [3.63, 3.8) is 0 Å². The molecule has 3 nitrogen and oxygen atoms in total. The Morgan fingerprint density at radius 1 is 1.27 bits per heavy atom. The van der Waals surface area contributed by atoms with E-state index in [1.807, 2.05) is 0 Å². The average Bonchev–Trinajstić information content (AvgIpc) is 1.90. The van der Waals surface area contributed by atoms with Crippen LogP contribution in [0.25, 0.3) is 0 Å². The minimum Gasteiger partial charge on any atom is -0.302 e. The number of hydrogen-bond donors (Lipinski definition) is 0. The maximum absolute atomic E-state index is 10.9. The van der Waals surface area contributed by atoms with Crippen LogP contribution in [0.4, 0.5) is 0 Å². The molecule has 0 atom stereocenters. The molecule has 0 bridgehead atoms. The van der Waals surface area contributed by atoms with Crippen LogP contribution in [0, 0.1) is 5.41 Å². The third-order valence-electron chi connectivity index (χ3n) is 2.02. The van der Waals surface area contributed by atoms with Crippen LogP contribution in [0.15, 0.2) is 0 Å². The number of rotatable bonds is 4. The Morgan fingerprint density at radius 2 is 1.64 bits per heavy atom. The highest BCUT2D eigenvalue weighted by Gasteiger charge is 2.38. The summed E-state index contributed by atoms with van der Waals surface area (Å²) >= 11 is 0. The number of aldehydes is 1. The van der Waals surface area contributed by atoms with Gasteiger partial charge in [0.25, 0.3) is 0 Å². The summed E-state index contributed by atoms with van der Waals surface area (Å²) in [7, 11) is 0. The van der Waals surface area contributed by atoms with Crippen LogP contribution in [0.3, 0.4) is 0 Å². The highest BCUT2D eigenvalue weighted by Crippen LogP contribution is 2.21. The Hall–Kier alpha value is -0.990. The van der Waals surface area contributed by atoms with Crippen molar-refractivity contribution in [1.82, 2.24) is 0 Å². The fourth-order valence-corrected chi connectivity index (χ4v) is 0.995. The van der Waals surface area contributed by atoms with Gasteiger partial charge in [-0.1, -0.05) is 6.92 Å². The van der Waals surface area contributed by atoms with Gasteiger partial charge in [-0.05, 0) is 20.3 Å². The first-order chi connectivity index (χ1) is 5.01. The summed E-state index contributed by atoms with van der Waals surface area (Å²) in [5.41, 5.74) is -1.38. The predicted molar refractivity (Wildman–Crippen MR) is 40.2 cm³/mol. The first-order valence-electron chi connectivity index (χ1n) is 3.49. The van der Waals surface area contributed by atoms with Crippen molar-refractivity contribution in [3.05, 3.63) is 0 Å². The first-order valence-corrected chi connectivity index (χ1v) is 3.49. The largest absolute Gasteiger partial charge is 0.302 e. The number of Topliss-reactive ketones (excluding diaryl/α,β-unsaturated/α-hetero) is 2. The summed E-state index contributed by atoms with van der Waals surface area (Å²) < 4.78 is 0. The molecule has 0 heterocycles. The van der Waals surface area contributed by atoms with Gasteiger partial charge < -0.3 is 4.79 Å². The van der Waals surface area contributed by atoms with E-state index in [1.54, 1.807) is 6.92 Å². The average molecular weight is 156 g/mol. The topological polar surface area (TPSA) is 51.2 Å². The lowest BCUT2D eigenvalue weighted by Gasteiger charge is -2.18. The SMILES string of the molecule is CCC(C=O)(C(C)=O)C(C)=O. The highest BCUT2D eigenvalue weighted by atomic mass is 16.2. The fourth-order valence-electron chi connectivity index (χ4n) is 0.995. The van der Waals surface area contributed by atoms with E-state index in [9.17, 15) is 14.4 Å². The second kappa shape index (κ2) is 3.42. The van der Waals surface area contributed by atoms with Crippen LogP contribution in [0.2, 0.25) is 0 Å². The molecule has 0 N–H and O–H groups in total. The zero-order chi connectivity index (χ0) is 9.07. The standard InChI is InChI=1S/C8H12O3/c1-4-8(5-9,6(2)10)7(3)11/h5H,4H2,1-3H3. The molecule has 0 aliphatic carbocycles. The lowest BCUT2D eigenvalue weighted by Crippen LogP contribution is -2.37. The molecule has 0 saturated heterocycles. The summed E-state index contributed by atoms with van der Waals surface area (Å²) in [5.74, 6) is -0.745. The Kier molecular flexibility index (Phi) is 3.11. The first kappa shape index (κ1) is 10.0. The zero-order valence-electron chi connectivity index (χ0n) is 7.01. The van der Waals surface area contributed by atoms with Crippen molar-refractivity contribution in [3.8, 4) is 0 Å². The molecule has 0 aromatic rings. The van der Waals surface area contributed by atoms with Crippen LogP contribution in [-0.4, -0.2) is 17.9 Å². The summed E-state index contributed by atoms with van der Waals surface area (Å²) in [6, 6.07) is 0. The van der Waals surface area contributed by atoms with Gasteiger partial charge in [-0.25, -0.2) is 0 Å². The Morgan fingerprint density at radius 3 is 1.64 bits per heavy atom. The molecular formula is C8H12O3. The minimum atomic E-state index is -1.38. The van der Waals surface area contributed by atoms with E-state index < -0.39 is 5.41 Å². The molecule has 62 valence electrons. The highest BCUT2D eigenvalue weighted by molar-refractivity contribution is 6.16. The lowest BCUT2D eigenvalue weighted by molar-refractivity contribution is -0.142. The molecule has 0 aromatic carbocycles. The van der Waals surface area contributed by atoms with E-state index in [0.29, 0.717) is 6.29 Å². The van der Waals surface area contributed by atoms with E-state index in [0.717, 1.165) is 0 Å². The van der Waals surface area contributed by atoms with Gasteiger partial charge in [0.05, 0.1) is 0 Å². The molecule has 0 aromatic heterocycles. The molecule has 3 heteroatoms. The van der Waals surface area contributed by atoms with Crippen molar-refractivity contribution < 1.29 is 14.4 Å². The van der Waals surface area contributed by atoms with Gasteiger partial charge in [0.15, 0.2) is 0 Å². The molecule has 0 spiro atoms. The van der Waals surface area contributed by atoms with Crippen LogP contribution in [0.5, 0.6) is 0 Å². The second-order valence-corrected chi connectivity index (χ2v) is 2.56. The normalized spacial score (nSPS) is 10.8. The lowest BCUT2D eigenvalue weighted by atomic mass is 9.79. The van der Waals surface area contributed by atoms with Gasteiger partial charge in [-0.15, -0.1) is 0 Å². The quantitative estimate of drug-likeness (QED) is 0.446. The van der Waals surface area contributed by atoms with Crippen molar-refractivity contribution in [2.24, 2.45) is 5.41 Å². The van der Waals surface area contributed by atoms with E-state index in [-0.39, 0.29) is 18.0 Å². The van der Waals surface area contributed by atoms with Crippen LogP contribution in [-0.2, 0) is 14.4 Å². The number of carbonyl (C=O) groups is 3. The molecule has 0 fully saturated rings. The van der Waals surface area contributed by atoms with Crippen molar-refractivity contribution in [2.75, 3.05) is 0 Å². The molecular weight excluding hydrogens is 144 g/mol. The minimum absolute atomic E-state index is 0.251. The number of hydrogen-bond acceptors (Lipinski definition) is 3. The molecule has 0 amide bonds. The van der Waals surface area contributed by atoms with Crippen LogP contribution in [0.1, 0.15) is 27.2 Å². The maximum atomic E-state index is 10.9. The second-order valence-electron chi connectivity index (χ2n) is 2.56. The van der Waals surface area contributed by atoms with E-state index in [2.05, 4.69) is 0 Å². The van der Waals surface area contributed by atoms with Gasteiger partial charge in [-0.2, -0.15) is 0 Å². The number of ketones is 2. The summed E-state index contributed by atoms with van der Waals surface area (Å²) in [4.78, 5) is 32.3. The van der Waals surface area contributed by atoms with Gasteiger partial charge in [-0.3, -0.25) is 9.59 Å². The third kappa shape index (κ3) is 1.53. The predicted octanol–water partition coefficient (Wildman–Crippen LogP) is 0.760. The smallest absolute Gasteiger partial charge is 0.150 e. The summed E-state index contributed by atoms with van der Waals surface area (Å²) in [6.45, 7) is 4.18. The van der Waals surface area contributed by atoms with Crippen LogP contribution >= 0.6 is 0 Å². The van der Waals surface area contributed by atoms with E-state index in [4.69, 9.17) is 0 Å². The van der Waals surface area contributed by atoms with Gasteiger partial charge in [0, 0.05) is 0 Å². The monoisotopic (exact) mass is 156 g/mol. The van der Waals surface area contributed by atoms with Gasteiger partial charge >= 0.3 is 0 Å². The maximum Gasteiger partial charge on any atom is 0.150 e. The third-order valence-corrected chi connectivity index (χ3v) is 2.02. The fraction of sp³-hybridized carbons (Fsp3) is 0.625. The van der Waals surface area contributed by atoms with Gasteiger partial charge in [0.2, 0.25) is 0 Å². The molecule has 0 aliphatic heterocycles. The summed E-state index contributed by atoms with van der Waals surface area (Å²) in [6.07, 6.45) is 0.693. The van der Waals surface area contributed by atoms with Gasteiger partial charge in [0.1, 0.15) is 23.3 Å². The summed E-state index contributed by atoms with van der Waals surface area (Å²) in [5, 5.41) is 0. The molecule has 0 rings (SSSR count). The molecule has 0 radical (unpaired) electrons. The molecule has 0 unspecified atom stereocenters. The molecule has 11 heavy (non-hydrogen) atoms. The van der Waals surface area contributed by atoms with E-state index in [1.165, 1.54) is 13.8 Å².